The molecule has 0 spiro atoms. The Kier molecular flexibility index (Phi) is 4.47. The Hall–Kier alpha value is -0.890. The summed E-state index contributed by atoms with van der Waals surface area (Å²) in [5.41, 5.74) is 2.52. The van der Waals surface area contributed by atoms with Crippen LogP contribution in [-0.4, -0.2) is 13.2 Å². The third kappa shape index (κ3) is 4.04. The summed E-state index contributed by atoms with van der Waals surface area (Å²) in [7, 11) is 0. The second kappa shape index (κ2) is 5.70. The van der Waals surface area contributed by atoms with Gasteiger partial charge in [-0.15, -0.1) is 0 Å². The van der Waals surface area contributed by atoms with Gasteiger partial charge in [0.25, 0.3) is 0 Å². The summed E-state index contributed by atoms with van der Waals surface area (Å²) in [6.45, 7) is 3.42. The van der Waals surface area contributed by atoms with Crippen molar-refractivity contribution < 1.29 is 4.39 Å². The Morgan fingerprint density at radius 1 is 1.23 bits per heavy atom. The van der Waals surface area contributed by atoms with Crippen LogP contribution in [0.3, 0.4) is 0 Å². The molecule has 0 amide bonds. The molecule has 0 aliphatic rings. The summed E-state index contributed by atoms with van der Waals surface area (Å²) < 4.78 is 11.7. The lowest BCUT2D eigenvalue weighted by Gasteiger charge is -2.03. The number of hydrogen-bond acceptors (Lipinski definition) is 1. The molecular weight excluding hydrogens is 165 g/mol. The lowest BCUT2D eigenvalue weighted by atomic mass is 10.1. The van der Waals surface area contributed by atoms with Crippen LogP contribution in [0.2, 0.25) is 0 Å². The lowest BCUT2D eigenvalue weighted by Crippen LogP contribution is -2.14. The highest BCUT2D eigenvalue weighted by Gasteiger charge is 1.91. The van der Waals surface area contributed by atoms with Gasteiger partial charge < -0.3 is 5.32 Å². The molecule has 2 heteroatoms. The van der Waals surface area contributed by atoms with Crippen molar-refractivity contribution in [1.82, 2.24) is 5.32 Å². The van der Waals surface area contributed by atoms with Gasteiger partial charge >= 0.3 is 0 Å². The zero-order chi connectivity index (χ0) is 9.52. The quantitative estimate of drug-likeness (QED) is 0.688. The molecule has 72 valence electrons. The van der Waals surface area contributed by atoms with Gasteiger partial charge in [0.1, 0.15) is 0 Å². The predicted molar refractivity (Wildman–Crippen MR) is 53.5 cm³/mol. The van der Waals surface area contributed by atoms with E-state index >= 15 is 0 Å². The molecule has 0 radical (unpaired) electrons. The van der Waals surface area contributed by atoms with E-state index in [1.165, 1.54) is 11.1 Å². The molecule has 1 aromatic rings. The summed E-state index contributed by atoms with van der Waals surface area (Å²) in [4.78, 5) is 0. The molecule has 1 nitrogen and oxygen atoms in total. The maximum atomic E-state index is 11.7. The molecule has 0 aromatic heterocycles. The maximum absolute atomic E-state index is 11.7. The fourth-order valence-electron chi connectivity index (χ4n) is 1.13. The minimum Gasteiger partial charge on any atom is -0.313 e. The fourth-order valence-corrected chi connectivity index (χ4v) is 1.13. The maximum Gasteiger partial charge on any atom is 0.0906 e. The third-order valence-corrected chi connectivity index (χ3v) is 1.94. The summed E-state index contributed by atoms with van der Waals surface area (Å²) in [5, 5.41) is 3.18. The second-order valence-corrected chi connectivity index (χ2v) is 3.20. The van der Waals surface area contributed by atoms with Crippen LogP contribution >= 0.6 is 0 Å². The average Bonchev–Trinajstić information content (AvgIpc) is 2.15. The molecular formula is C11H16FN. The number of aryl methyl sites for hydroxylation is 1. The van der Waals surface area contributed by atoms with Crippen LogP contribution in [0.5, 0.6) is 0 Å². The molecule has 0 fully saturated rings. The van der Waals surface area contributed by atoms with Crippen molar-refractivity contribution in [2.75, 3.05) is 13.2 Å². The lowest BCUT2D eigenvalue weighted by molar-refractivity contribution is 0.459. The number of halogens is 1. The van der Waals surface area contributed by atoms with Gasteiger partial charge in [-0.1, -0.05) is 29.8 Å². The molecule has 0 saturated heterocycles. The van der Waals surface area contributed by atoms with Crippen molar-refractivity contribution in [1.29, 1.82) is 0 Å². The molecule has 1 rings (SSSR count). The highest BCUT2D eigenvalue weighted by Crippen LogP contribution is 2.02. The molecule has 0 saturated carbocycles. The number of benzene rings is 1. The zero-order valence-corrected chi connectivity index (χ0v) is 8.02. The van der Waals surface area contributed by atoms with Gasteiger partial charge in [-0.05, 0) is 25.5 Å². The number of rotatable bonds is 5. The molecule has 13 heavy (non-hydrogen) atoms. The Labute approximate surface area is 79.0 Å². The highest BCUT2D eigenvalue weighted by molar-refractivity contribution is 5.20. The van der Waals surface area contributed by atoms with Gasteiger partial charge in [0.05, 0.1) is 6.67 Å². The van der Waals surface area contributed by atoms with Crippen LogP contribution in [0.4, 0.5) is 4.39 Å². The van der Waals surface area contributed by atoms with E-state index in [0.717, 1.165) is 13.1 Å². The van der Waals surface area contributed by atoms with Crippen molar-refractivity contribution in [3.05, 3.63) is 35.4 Å². The minimum atomic E-state index is -0.235. The van der Waals surface area contributed by atoms with Crippen molar-refractivity contribution in [2.24, 2.45) is 0 Å². The largest absolute Gasteiger partial charge is 0.313 e. The van der Waals surface area contributed by atoms with E-state index in [0.29, 0.717) is 6.42 Å². The Balaban J connectivity index is 2.25. The SMILES string of the molecule is Cc1ccc(CNCCCF)cc1. The summed E-state index contributed by atoms with van der Waals surface area (Å²) in [6.07, 6.45) is 0.603. The van der Waals surface area contributed by atoms with Crippen molar-refractivity contribution >= 4 is 0 Å². The van der Waals surface area contributed by atoms with Gasteiger partial charge in [0.2, 0.25) is 0 Å². The second-order valence-electron chi connectivity index (χ2n) is 3.20. The van der Waals surface area contributed by atoms with E-state index < -0.39 is 0 Å². The van der Waals surface area contributed by atoms with E-state index in [9.17, 15) is 4.39 Å². The monoisotopic (exact) mass is 181 g/mol. The normalized spacial score (nSPS) is 10.3. The summed E-state index contributed by atoms with van der Waals surface area (Å²) >= 11 is 0. The molecule has 0 heterocycles. The van der Waals surface area contributed by atoms with Crippen LogP contribution in [0.25, 0.3) is 0 Å². The Bertz CT molecular complexity index is 230. The fraction of sp³-hybridized carbons (Fsp3) is 0.455. The number of nitrogens with one attached hydrogen (secondary N) is 1. The van der Waals surface area contributed by atoms with Gasteiger partial charge in [-0.2, -0.15) is 0 Å². The first kappa shape index (κ1) is 10.2. The number of alkyl halides is 1. The molecule has 0 bridgehead atoms. The van der Waals surface area contributed by atoms with Crippen molar-refractivity contribution in [3.63, 3.8) is 0 Å². The Morgan fingerprint density at radius 2 is 1.92 bits per heavy atom. The third-order valence-electron chi connectivity index (χ3n) is 1.94. The Morgan fingerprint density at radius 3 is 2.54 bits per heavy atom. The van der Waals surface area contributed by atoms with E-state index in [1.807, 2.05) is 0 Å². The molecule has 1 aromatic carbocycles. The smallest absolute Gasteiger partial charge is 0.0906 e. The average molecular weight is 181 g/mol. The molecule has 0 atom stereocenters. The van der Waals surface area contributed by atoms with Crippen LogP contribution in [-0.2, 0) is 6.54 Å². The molecule has 0 aliphatic carbocycles. The van der Waals surface area contributed by atoms with Crippen LogP contribution in [0.1, 0.15) is 17.5 Å². The first-order chi connectivity index (χ1) is 6.33. The van der Waals surface area contributed by atoms with Gasteiger partial charge in [-0.3, -0.25) is 4.39 Å². The molecule has 1 N–H and O–H groups in total. The zero-order valence-electron chi connectivity index (χ0n) is 8.02. The molecule has 0 unspecified atom stereocenters. The first-order valence-electron chi connectivity index (χ1n) is 4.65. The topological polar surface area (TPSA) is 12.0 Å². The van der Waals surface area contributed by atoms with Gasteiger partial charge in [0.15, 0.2) is 0 Å². The van der Waals surface area contributed by atoms with E-state index in [2.05, 4.69) is 36.5 Å². The van der Waals surface area contributed by atoms with E-state index in [4.69, 9.17) is 0 Å². The van der Waals surface area contributed by atoms with Crippen LogP contribution in [0.15, 0.2) is 24.3 Å². The first-order valence-corrected chi connectivity index (χ1v) is 4.65. The van der Waals surface area contributed by atoms with Crippen molar-refractivity contribution in [2.45, 2.75) is 19.9 Å². The van der Waals surface area contributed by atoms with E-state index in [-0.39, 0.29) is 6.67 Å². The van der Waals surface area contributed by atoms with Gasteiger partial charge in [-0.25, -0.2) is 0 Å². The van der Waals surface area contributed by atoms with Crippen molar-refractivity contribution in [3.8, 4) is 0 Å². The van der Waals surface area contributed by atoms with Crippen LogP contribution < -0.4 is 5.32 Å². The van der Waals surface area contributed by atoms with E-state index in [1.54, 1.807) is 0 Å². The van der Waals surface area contributed by atoms with Crippen LogP contribution in [0, 0.1) is 6.92 Å². The number of hydrogen-bond donors (Lipinski definition) is 1. The minimum absolute atomic E-state index is 0.235. The summed E-state index contributed by atoms with van der Waals surface area (Å²) in [6, 6.07) is 8.37. The predicted octanol–water partition coefficient (Wildman–Crippen LogP) is 2.44. The van der Waals surface area contributed by atoms with Gasteiger partial charge in [0, 0.05) is 6.54 Å². The highest BCUT2D eigenvalue weighted by atomic mass is 19.1. The standard InChI is InChI=1S/C11H16FN/c1-10-3-5-11(6-4-10)9-13-8-2-7-12/h3-6,13H,2,7-9H2,1H3. The summed E-state index contributed by atoms with van der Waals surface area (Å²) in [5.74, 6) is 0. The molecule has 0 aliphatic heterocycles.